The highest BCUT2D eigenvalue weighted by Gasteiger charge is 2.05. The van der Waals surface area contributed by atoms with Crippen LogP contribution in [-0.2, 0) is 0 Å². The monoisotopic (exact) mass is 270 g/mol. The second-order valence-corrected chi connectivity index (χ2v) is 4.83. The van der Waals surface area contributed by atoms with Crippen LogP contribution in [-0.4, -0.2) is 9.97 Å². The van der Waals surface area contributed by atoms with Crippen LogP contribution in [0.4, 0.5) is 0 Å². The molecule has 0 spiro atoms. The van der Waals surface area contributed by atoms with Crippen molar-refractivity contribution in [1.29, 1.82) is 0 Å². The van der Waals surface area contributed by atoms with Crippen molar-refractivity contribution in [1.82, 2.24) is 9.97 Å². The zero-order valence-electron chi connectivity index (χ0n) is 10.3. The maximum Gasteiger partial charge on any atom is 0.257 e. The zero-order valence-corrected chi connectivity index (χ0v) is 11.0. The minimum absolute atomic E-state index is 0.155. The van der Waals surface area contributed by atoms with E-state index in [4.69, 9.17) is 11.6 Å². The van der Waals surface area contributed by atoms with Gasteiger partial charge in [0.1, 0.15) is 5.15 Å². The molecule has 94 valence electrons. The van der Waals surface area contributed by atoms with E-state index < -0.39 is 0 Å². The molecule has 1 aromatic carbocycles. The summed E-state index contributed by atoms with van der Waals surface area (Å²) in [5.41, 5.74) is 3.32. The van der Waals surface area contributed by atoms with Gasteiger partial charge in [-0.05, 0) is 30.7 Å². The number of H-pyrrole nitrogens is 1. The quantitative estimate of drug-likeness (QED) is 0.687. The standard InChI is InChI=1S/C15H11ClN2O/c1-9-2-4-10(5-3-9)12-8-13-11(15(19)18-12)6-7-14(16)17-13/h2-8H,1H3,(H,18,19). The molecule has 0 bridgehead atoms. The van der Waals surface area contributed by atoms with Gasteiger partial charge in [-0.15, -0.1) is 0 Å². The molecule has 1 N–H and O–H groups in total. The Morgan fingerprint density at radius 2 is 1.84 bits per heavy atom. The summed E-state index contributed by atoms with van der Waals surface area (Å²) in [6, 6.07) is 13.1. The molecule has 0 amide bonds. The predicted octanol–water partition coefficient (Wildman–Crippen LogP) is 3.55. The second-order valence-electron chi connectivity index (χ2n) is 4.44. The first-order valence-corrected chi connectivity index (χ1v) is 6.28. The van der Waals surface area contributed by atoms with E-state index in [1.807, 2.05) is 37.3 Å². The summed E-state index contributed by atoms with van der Waals surface area (Å²) >= 11 is 5.87. The number of nitrogens with one attached hydrogen (secondary N) is 1. The van der Waals surface area contributed by atoms with Gasteiger partial charge in [0.15, 0.2) is 0 Å². The van der Waals surface area contributed by atoms with Crippen molar-refractivity contribution in [3.8, 4) is 11.3 Å². The summed E-state index contributed by atoms with van der Waals surface area (Å²) in [5, 5.41) is 0.924. The summed E-state index contributed by atoms with van der Waals surface area (Å²) in [5.74, 6) is 0. The molecule has 0 unspecified atom stereocenters. The van der Waals surface area contributed by atoms with Crippen LogP contribution in [0.2, 0.25) is 5.15 Å². The van der Waals surface area contributed by atoms with Crippen LogP contribution in [0.5, 0.6) is 0 Å². The van der Waals surface area contributed by atoms with Crippen LogP contribution in [0.1, 0.15) is 5.56 Å². The van der Waals surface area contributed by atoms with Crippen LogP contribution in [0.3, 0.4) is 0 Å². The Bertz CT molecular complexity index is 806. The van der Waals surface area contributed by atoms with Crippen molar-refractivity contribution in [2.45, 2.75) is 6.92 Å². The van der Waals surface area contributed by atoms with Gasteiger partial charge < -0.3 is 4.98 Å². The van der Waals surface area contributed by atoms with Crippen molar-refractivity contribution in [3.63, 3.8) is 0 Å². The lowest BCUT2D eigenvalue weighted by Crippen LogP contribution is -2.07. The summed E-state index contributed by atoms with van der Waals surface area (Å²) in [6.07, 6.45) is 0. The normalized spacial score (nSPS) is 10.8. The minimum Gasteiger partial charge on any atom is -0.321 e. The Hall–Kier alpha value is -2.13. The molecule has 0 radical (unpaired) electrons. The average molecular weight is 271 g/mol. The number of hydrogen-bond donors (Lipinski definition) is 1. The molecule has 3 nitrogen and oxygen atoms in total. The Morgan fingerprint density at radius 3 is 2.58 bits per heavy atom. The van der Waals surface area contributed by atoms with Gasteiger partial charge in [0.2, 0.25) is 0 Å². The molecule has 4 heteroatoms. The van der Waals surface area contributed by atoms with Gasteiger partial charge in [-0.25, -0.2) is 4.98 Å². The summed E-state index contributed by atoms with van der Waals surface area (Å²) in [6.45, 7) is 2.02. The van der Waals surface area contributed by atoms with Gasteiger partial charge in [0.05, 0.1) is 16.6 Å². The predicted molar refractivity (Wildman–Crippen MR) is 77.5 cm³/mol. The van der Waals surface area contributed by atoms with Crippen molar-refractivity contribution >= 4 is 22.5 Å². The van der Waals surface area contributed by atoms with Crippen LogP contribution in [0, 0.1) is 6.92 Å². The number of aromatic amines is 1. The van der Waals surface area contributed by atoms with Gasteiger partial charge in [-0.1, -0.05) is 41.4 Å². The SMILES string of the molecule is Cc1ccc(-c2cc3nc(Cl)ccc3c(=O)[nH]2)cc1. The van der Waals surface area contributed by atoms with Crippen LogP contribution in [0.25, 0.3) is 22.2 Å². The Morgan fingerprint density at radius 1 is 1.11 bits per heavy atom. The molecule has 0 aliphatic rings. The Kier molecular flexibility index (Phi) is 2.84. The maximum absolute atomic E-state index is 12.0. The molecule has 0 atom stereocenters. The highest BCUT2D eigenvalue weighted by molar-refractivity contribution is 6.29. The number of fused-ring (bicyclic) bond motifs is 1. The van der Waals surface area contributed by atoms with E-state index >= 15 is 0 Å². The van der Waals surface area contributed by atoms with Gasteiger partial charge in [-0.3, -0.25) is 4.79 Å². The third kappa shape index (κ3) is 2.25. The number of aryl methyl sites for hydroxylation is 1. The number of benzene rings is 1. The first kappa shape index (κ1) is 11.9. The number of aromatic nitrogens is 2. The van der Waals surface area contributed by atoms with E-state index in [-0.39, 0.29) is 5.56 Å². The summed E-state index contributed by atoms with van der Waals surface area (Å²) in [7, 11) is 0. The van der Waals surface area contributed by atoms with E-state index in [0.29, 0.717) is 16.1 Å². The first-order chi connectivity index (χ1) is 9.13. The zero-order chi connectivity index (χ0) is 13.4. The molecular weight excluding hydrogens is 260 g/mol. The molecular formula is C15H11ClN2O. The van der Waals surface area contributed by atoms with E-state index in [0.717, 1.165) is 11.3 Å². The molecule has 3 aromatic rings. The van der Waals surface area contributed by atoms with Crippen molar-refractivity contribution < 1.29 is 0 Å². The fourth-order valence-corrected chi connectivity index (χ4v) is 2.16. The van der Waals surface area contributed by atoms with Gasteiger partial charge in [0, 0.05) is 0 Å². The highest BCUT2D eigenvalue weighted by Crippen LogP contribution is 2.20. The molecule has 0 fully saturated rings. The molecule has 2 heterocycles. The molecule has 0 saturated carbocycles. The molecule has 0 aliphatic heterocycles. The number of pyridine rings is 2. The molecule has 3 rings (SSSR count). The molecule has 19 heavy (non-hydrogen) atoms. The van der Waals surface area contributed by atoms with E-state index in [1.165, 1.54) is 5.56 Å². The van der Waals surface area contributed by atoms with Crippen molar-refractivity contribution in [3.05, 3.63) is 63.5 Å². The number of rotatable bonds is 1. The smallest absolute Gasteiger partial charge is 0.257 e. The summed E-state index contributed by atoms with van der Waals surface area (Å²) in [4.78, 5) is 19.1. The molecule has 0 aliphatic carbocycles. The Balaban J connectivity index is 2.25. The van der Waals surface area contributed by atoms with Crippen LogP contribution in [0.15, 0.2) is 47.3 Å². The fourth-order valence-electron chi connectivity index (χ4n) is 2.00. The highest BCUT2D eigenvalue weighted by atomic mass is 35.5. The lowest BCUT2D eigenvalue weighted by molar-refractivity contribution is 1.25. The third-order valence-electron chi connectivity index (χ3n) is 3.03. The van der Waals surface area contributed by atoms with E-state index in [1.54, 1.807) is 12.1 Å². The van der Waals surface area contributed by atoms with Gasteiger partial charge >= 0.3 is 0 Å². The average Bonchev–Trinajstić information content (AvgIpc) is 2.38. The number of halogens is 1. The maximum atomic E-state index is 12.0. The van der Waals surface area contributed by atoms with E-state index in [2.05, 4.69) is 9.97 Å². The fraction of sp³-hybridized carbons (Fsp3) is 0.0667. The minimum atomic E-state index is -0.155. The van der Waals surface area contributed by atoms with Crippen molar-refractivity contribution in [2.24, 2.45) is 0 Å². The lowest BCUT2D eigenvalue weighted by Gasteiger charge is -2.04. The largest absolute Gasteiger partial charge is 0.321 e. The third-order valence-corrected chi connectivity index (χ3v) is 3.24. The van der Waals surface area contributed by atoms with E-state index in [9.17, 15) is 4.79 Å². The lowest BCUT2D eigenvalue weighted by atomic mass is 10.1. The first-order valence-electron chi connectivity index (χ1n) is 5.90. The number of hydrogen-bond acceptors (Lipinski definition) is 2. The second kappa shape index (κ2) is 4.52. The molecule has 2 aromatic heterocycles. The summed E-state index contributed by atoms with van der Waals surface area (Å²) < 4.78 is 0. The van der Waals surface area contributed by atoms with Crippen molar-refractivity contribution in [2.75, 3.05) is 0 Å². The van der Waals surface area contributed by atoms with Crippen LogP contribution < -0.4 is 5.56 Å². The van der Waals surface area contributed by atoms with Gasteiger partial charge in [0.25, 0.3) is 5.56 Å². The van der Waals surface area contributed by atoms with Gasteiger partial charge in [-0.2, -0.15) is 0 Å². The number of nitrogens with zero attached hydrogens (tertiary/aromatic N) is 1. The topological polar surface area (TPSA) is 45.8 Å². The Labute approximate surface area is 114 Å². The molecule has 0 saturated heterocycles. The van der Waals surface area contributed by atoms with Crippen LogP contribution >= 0.6 is 11.6 Å².